The van der Waals surface area contributed by atoms with E-state index >= 15 is 0 Å². The molecule has 7 heteroatoms. The van der Waals surface area contributed by atoms with Gasteiger partial charge in [0.2, 0.25) is 0 Å². The summed E-state index contributed by atoms with van der Waals surface area (Å²) >= 11 is 3.12. The summed E-state index contributed by atoms with van der Waals surface area (Å²) in [5.41, 5.74) is 4.59. The number of halogens is 2. The minimum absolute atomic E-state index is 0.0506. The third-order valence-corrected chi connectivity index (χ3v) is 3.83. The standard InChI is InChI=1S/C12H12BrFN2O3/c13-9-5-7(14)1-2-8(9)10(17)16-4-3-12(15,6-16)11(18)19/h1-2,5H,3-4,6,15H2,(H,18,19). The number of carbonyl (C=O) groups is 2. The molecule has 1 aromatic carbocycles. The predicted molar refractivity (Wildman–Crippen MR) is 69.2 cm³/mol. The minimum Gasteiger partial charge on any atom is -0.480 e. The second-order valence-corrected chi connectivity index (χ2v) is 5.42. The maximum atomic E-state index is 13.0. The second kappa shape index (κ2) is 4.90. The second-order valence-electron chi connectivity index (χ2n) is 4.56. The van der Waals surface area contributed by atoms with Gasteiger partial charge in [-0.2, -0.15) is 0 Å². The van der Waals surface area contributed by atoms with E-state index in [2.05, 4.69) is 15.9 Å². The van der Waals surface area contributed by atoms with Crippen LogP contribution in [0.3, 0.4) is 0 Å². The fourth-order valence-electron chi connectivity index (χ4n) is 2.01. The van der Waals surface area contributed by atoms with Gasteiger partial charge in [0.15, 0.2) is 0 Å². The van der Waals surface area contributed by atoms with Crippen molar-refractivity contribution in [1.82, 2.24) is 4.90 Å². The molecule has 1 unspecified atom stereocenters. The van der Waals surface area contributed by atoms with Gasteiger partial charge in [-0.05, 0) is 40.5 Å². The van der Waals surface area contributed by atoms with Crippen LogP contribution in [0.15, 0.2) is 22.7 Å². The van der Waals surface area contributed by atoms with Crippen molar-refractivity contribution in [2.75, 3.05) is 13.1 Å². The van der Waals surface area contributed by atoms with Gasteiger partial charge in [-0.25, -0.2) is 4.39 Å². The molecule has 1 atom stereocenters. The lowest BCUT2D eigenvalue weighted by Gasteiger charge is -2.20. The van der Waals surface area contributed by atoms with Crippen LogP contribution in [0.2, 0.25) is 0 Å². The van der Waals surface area contributed by atoms with E-state index in [4.69, 9.17) is 10.8 Å². The van der Waals surface area contributed by atoms with E-state index in [1.807, 2.05) is 0 Å². The summed E-state index contributed by atoms with van der Waals surface area (Å²) in [7, 11) is 0. The van der Waals surface area contributed by atoms with Crippen molar-refractivity contribution < 1.29 is 19.1 Å². The first-order valence-corrected chi connectivity index (χ1v) is 6.39. The first kappa shape index (κ1) is 14.0. The highest BCUT2D eigenvalue weighted by atomic mass is 79.9. The fourth-order valence-corrected chi connectivity index (χ4v) is 2.53. The van der Waals surface area contributed by atoms with Gasteiger partial charge in [0.05, 0.1) is 5.56 Å². The van der Waals surface area contributed by atoms with Crippen LogP contribution < -0.4 is 5.73 Å². The molecule has 0 radical (unpaired) electrons. The van der Waals surface area contributed by atoms with Crippen molar-refractivity contribution in [2.45, 2.75) is 12.0 Å². The van der Waals surface area contributed by atoms with E-state index in [1.165, 1.54) is 23.1 Å². The molecule has 1 amide bonds. The highest BCUT2D eigenvalue weighted by Gasteiger charge is 2.43. The molecule has 2 rings (SSSR count). The number of carbonyl (C=O) groups excluding carboxylic acids is 1. The summed E-state index contributed by atoms with van der Waals surface area (Å²) in [6.45, 7) is 0.219. The molecule has 1 saturated heterocycles. The Morgan fingerprint density at radius 2 is 2.16 bits per heavy atom. The zero-order valence-electron chi connectivity index (χ0n) is 9.90. The van der Waals surface area contributed by atoms with E-state index in [0.717, 1.165) is 0 Å². The normalized spacial score (nSPS) is 22.6. The zero-order chi connectivity index (χ0) is 14.2. The molecule has 0 aliphatic carbocycles. The van der Waals surface area contributed by atoms with Crippen molar-refractivity contribution >= 4 is 27.8 Å². The number of carboxylic acid groups (broad SMARTS) is 1. The molecular formula is C12H12BrFN2O3. The van der Waals surface area contributed by atoms with Crippen LogP contribution in [-0.4, -0.2) is 40.5 Å². The number of benzene rings is 1. The molecule has 1 fully saturated rings. The van der Waals surface area contributed by atoms with Crippen LogP contribution in [-0.2, 0) is 4.79 Å². The molecule has 1 aromatic rings. The molecule has 5 nitrogen and oxygen atoms in total. The highest BCUT2D eigenvalue weighted by Crippen LogP contribution is 2.24. The molecule has 1 heterocycles. The van der Waals surface area contributed by atoms with Crippen molar-refractivity contribution in [3.63, 3.8) is 0 Å². The van der Waals surface area contributed by atoms with Gasteiger partial charge < -0.3 is 15.7 Å². The maximum Gasteiger partial charge on any atom is 0.325 e. The number of hydrogen-bond donors (Lipinski definition) is 2. The number of nitrogens with two attached hydrogens (primary N) is 1. The van der Waals surface area contributed by atoms with Crippen molar-refractivity contribution in [3.8, 4) is 0 Å². The summed E-state index contributed by atoms with van der Waals surface area (Å²) in [4.78, 5) is 24.6. The average Bonchev–Trinajstić information content (AvgIpc) is 2.73. The Kier molecular flexibility index (Phi) is 3.60. The molecule has 0 saturated carbocycles. The van der Waals surface area contributed by atoms with Crippen LogP contribution in [0.25, 0.3) is 0 Å². The van der Waals surface area contributed by atoms with Gasteiger partial charge in [-0.15, -0.1) is 0 Å². The Labute approximate surface area is 117 Å². The lowest BCUT2D eigenvalue weighted by Crippen LogP contribution is -2.50. The van der Waals surface area contributed by atoms with Gasteiger partial charge in [-0.1, -0.05) is 0 Å². The molecule has 1 aliphatic rings. The number of rotatable bonds is 2. The van der Waals surface area contributed by atoms with E-state index in [-0.39, 0.29) is 31.0 Å². The fraction of sp³-hybridized carbons (Fsp3) is 0.333. The predicted octanol–water partition coefficient (Wildman–Crippen LogP) is 1.22. The Balaban J connectivity index is 2.20. The third kappa shape index (κ3) is 2.62. The van der Waals surface area contributed by atoms with Gasteiger partial charge in [0, 0.05) is 17.6 Å². The molecular weight excluding hydrogens is 319 g/mol. The van der Waals surface area contributed by atoms with Gasteiger partial charge in [-0.3, -0.25) is 9.59 Å². The summed E-state index contributed by atoms with van der Waals surface area (Å²) in [6, 6.07) is 3.73. The Morgan fingerprint density at radius 1 is 1.47 bits per heavy atom. The summed E-state index contributed by atoms with van der Waals surface area (Å²) in [6.07, 6.45) is 0.201. The van der Waals surface area contributed by atoms with Crippen LogP contribution in [0.1, 0.15) is 16.8 Å². The Morgan fingerprint density at radius 3 is 2.68 bits per heavy atom. The van der Waals surface area contributed by atoms with Crippen LogP contribution in [0.4, 0.5) is 4.39 Å². The quantitative estimate of drug-likeness (QED) is 0.853. The Bertz CT molecular complexity index is 552. The van der Waals surface area contributed by atoms with Crippen LogP contribution in [0, 0.1) is 5.82 Å². The van der Waals surface area contributed by atoms with Crippen molar-refractivity contribution in [1.29, 1.82) is 0 Å². The maximum absolute atomic E-state index is 13.0. The van der Waals surface area contributed by atoms with Crippen molar-refractivity contribution in [3.05, 3.63) is 34.1 Å². The lowest BCUT2D eigenvalue weighted by molar-refractivity contribution is -0.142. The smallest absolute Gasteiger partial charge is 0.325 e. The van der Waals surface area contributed by atoms with Crippen LogP contribution in [0.5, 0.6) is 0 Å². The number of likely N-dealkylation sites (tertiary alicyclic amines) is 1. The van der Waals surface area contributed by atoms with E-state index in [0.29, 0.717) is 4.47 Å². The van der Waals surface area contributed by atoms with Gasteiger partial charge in [0.1, 0.15) is 11.4 Å². The number of hydrogen-bond acceptors (Lipinski definition) is 3. The number of aliphatic carboxylic acids is 1. The molecule has 1 aliphatic heterocycles. The molecule has 0 bridgehead atoms. The van der Waals surface area contributed by atoms with Crippen LogP contribution >= 0.6 is 15.9 Å². The monoisotopic (exact) mass is 330 g/mol. The van der Waals surface area contributed by atoms with Gasteiger partial charge in [0.25, 0.3) is 5.91 Å². The molecule has 0 spiro atoms. The van der Waals surface area contributed by atoms with E-state index in [9.17, 15) is 14.0 Å². The molecule has 0 aromatic heterocycles. The highest BCUT2D eigenvalue weighted by molar-refractivity contribution is 9.10. The third-order valence-electron chi connectivity index (χ3n) is 3.18. The topological polar surface area (TPSA) is 83.6 Å². The van der Waals surface area contributed by atoms with E-state index < -0.39 is 17.3 Å². The average molecular weight is 331 g/mol. The summed E-state index contributed by atoms with van der Waals surface area (Å²) in [5.74, 6) is -1.94. The molecule has 19 heavy (non-hydrogen) atoms. The number of nitrogens with zero attached hydrogens (tertiary/aromatic N) is 1. The largest absolute Gasteiger partial charge is 0.480 e. The zero-order valence-corrected chi connectivity index (χ0v) is 11.5. The first-order valence-electron chi connectivity index (χ1n) is 5.60. The first-order chi connectivity index (χ1) is 8.83. The summed E-state index contributed by atoms with van der Waals surface area (Å²) < 4.78 is 13.3. The SMILES string of the molecule is NC1(C(=O)O)CCN(C(=O)c2ccc(F)cc2Br)C1. The number of carboxylic acids is 1. The van der Waals surface area contributed by atoms with Crippen molar-refractivity contribution in [2.24, 2.45) is 5.73 Å². The lowest BCUT2D eigenvalue weighted by atomic mass is 10.0. The molecule has 3 N–H and O–H groups in total. The molecule has 102 valence electrons. The summed E-state index contributed by atoms with van der Waals surface area (Å²) in [5, 5.41) is 9.01. The minimum atomic E-state index is -1.40. The van der Waals surface area contributed by atoms with E-state index in [1.54, 1.807) is 0 Å². The Hall–Kier alpha value is -1.47. The van der Waals surface area contributed by atoms with Gasteiger partial charge >= 0.3 is 5.97 Å². The number of amides is 1.